The van der Waals surface area contributed by atoms with Crippen LogP contribution in [-0.4, -0.2) is 0 Å². The minimum Gasteiger partial charge on any atom is -0.192 e. The van der Waals surface area contributed by atoms with Crippen molar-refractivity contribution in [3.8, 4) is 6.07 Å². The maximum absolute atomic E-state index is 8.87. The first-order valence-electron chi connectivity index (χ1n) is 7.52. The van der Waals surface area contributed by atoms with Crippen LogP contribution in [0.5, 0.6) is 0 Å². The van der Waals surface area contributed by atoms with Crippen molar-refractivity contribution in [1.82, 2.24) is 0 Å². The van der Waals surface area contributed by atoms with Crippen molar-refractivity contribution in [1.29, 1.82) is 5.26 Å². The van der Waals surface area contributed by atoms with Gasteiger partial charge in [0, 0.05) is 0 Å². The molecule has 0 bridgehead atoms. The van der Waals surface area contributed by atoms with E-state index in [0.29, 0.717) is 11.8 Å². The molecule has 0 amide bonds. The number of nitriles is 1. The summed E-state index contributed by atoms with van der Waals surface area (Å²) in [5.41, 5.74) is 2.17. The SMILES string of the molecule is CCC/C=C\[C@@H]1CCCC[C@H]1c1ccc(C#N)cc1. The van der Waals surface area contributed by atoms with Crippen molar-refractivity contribution >= 4 is 0 Å². The van der Waals surface area contributed by atoms with E-state index in [0.717, 1.165) is 5.56 Å². The van der Waals surface area contributed by atoms with Gasteiger partial charge in [0.05, 0.1) is 11.6 Å². The molecule has 0 spiro atoms. The molecule has 2 atom stereocenters. The van der Waals surface area contributed by atoms with Gasteiger partial charge in [-0.05, 0) is 48.8 Å². The lowest BCUT2D eigenvalue weighted by molar-refractivity contribution is 0.361. The zero-order valence-electron chi connectivity index (χ0n) is 11.8. The van der Waals surface area contributed by atoms with E-state index in [2.05, 4.69) is 37.3 Å². The zero-order chi connectivity index (χ0) is 13.5. The Morgan fingerprint density at radius 1 is 1.21 bits per heavy atom. The van der Waals surface area contributed by atoms with Crippen LogP contribution in [0.15, 0.2) is 36.4 Å². The van der Waals surface area contributed by atoms with Crippen LogP contribution in [0.1, 0.15) is 62.5 Å². The molecule has 1 heteroatoms. The highest BCUT2D eigenvalue weighted by Gasteiger charge is 2.24. The maximum Gasteiger partial charge on any atom is 0.0991 e. The molecule has 19 heavy (non-hydrogen) atoms. The molecule has 1 aromatic carbocycles. The van der Waals surface area contributed by atoms with Gasteiger partial charge >= 0.3 is 0 Å². The monoisotopic (exact) mass is 253 g/mol. The van der Waals surface area contributed by atoms with Crippen LogP contribution < -0.4 is 0 Å². The molecule has 0 N–H and O–H groups in total. The summed E-state index contributed by atoms with van der Waals surface area (Å²) >= 11 is 0. The van der Waals surface area contributed by atoms with Crippen molar-refractivity contribution in [2.24, 2.45) is 5.92 Å². The molecule has 0 aliphatic heterocycles. The molecule has 0 heterocycles. The van der Waals surface area contributed by atoms with Crippen LogP contribution in [0.25, 0.3) is 0 Å². The second kappa shape index (κ2) is 7.14. The van der Waals surface area contributed by atoms with E-state index in [4.69, 9.17) is 5.26 Å². The van der Waals surface area contributed by atoms with Crippen molar-refractivity contribution in [3.05, 3.63) is 47.5 Å². The lowest BCUT2D eigenvalue weighted by Gasteiger charge is -2.30. The Hall–Kier alpha value is -1.55. The highest BCUT2D eigenvalue weighted by Crippen LogP contribution is 2.38. The summed E-state index contributed by atoms with van der Waals surface area (Å²) in [4.78, 5) is 0. The number of rotatable bonds is 4. The highest BCUT2D eigenvalue weighted by atomic mass is 14.3. The lowest BCUT2D eigenvalue weighted by atomic mass is 9.75. The summed E-state index contributed by atoms with van der Waals surface area (Å²) < 4.78 is 0. The fraction of sp³-hybridized carbons (Fsp3) is 0.500. The van der Waals surface area contributed by atoms with Crippen LogP contribution in [0.4, 0.5) is 0 Å². The molecule has 1 aliphatic carbocycles. The van der Waals surface area contributed by atoms with Gasteiger partial charge in [0.1, 0.15) is 0 Å². The maximum atomic E-state index is 8.87. The molecule has 0 unspecified atom stereocenters. The predicted octanol–water partition coefficient (Wildman–Crippen LogP) is 5.19. The third-order valence-corrected chi connectivity index (χ3v) is 4.13. The van der Waals surface area contributed by atoms with Crippen molar-refractivity contribution in [2.75, 3.05) is 0 Å². The van der Waals surface area contributed by atoms with Gasteiger partial charge in [-0.1, -0.05) is 50.5 Å². The first-order valence-corrected chi connectivity index (χ1v) is 7.52. The molecule has 0 saturated heterocycles. The smallest absolute Gasteiger partial charge is 0.0991 e. The first kappa shape index (κ1) is 13.9. The molecular formula is C18H23N. The fourth-order valence-electron chi connectivity index (χ4n) is 3.05. The predicted molar refractivity (Wildman–Crippen MR) is 79.9 cm³/mol. The zero-order valence-corrected chi connectivity index (χ0v) is 11.8. The second-order valence-corrected chi connectivity index (χ2v) is 5.51. The average molecular weight is 253 g/mol. The average Bonchev–Trinajstić information content (AvgIpc) is 2.48. The van der Waals surface area contributed by atoms with E-state index >= 15 is 0 Å². The quantitative estimate of drug-likeness (QED) is 0.677. The standard InChI is InChI=1S/C18H23N/c1-2-3-4-7-16-8-5-6-9-18(16)17-12-10-15(14-19)11-13-17/h4,7,10-13,16,18H,2-3,5-6,8-9H2,1H3/b7-4-/t16-,18-/m1/s1. The Morgan fingerprint density at radius 3 is 2.63 bits per heavy atom. The van der Waals surface area contributed by atoms with E-state index in [-0.39, 0.29) is 0 Å². The van der Waals surface area contributed by atoms with Crippen LogP contribution in [0.3, 0.4) is 0 Å². The summed E-state index contributed by atoms with van der Waals surface area (Å²) in [7, 11) is 0. The van der Waals surface area contributed by atoms with Gasteiger partial charge in [0.25, 0.3) is 0 Å². The normalized spacial score (nSPS) is 23.4. The number of allylic oxidation sites excluding steroid dienone is 2. The van der Waals surface area contributed by atoms with Gasteiger partial charge < -0.3 is 0 Å². The largest absolute Gasteiger partial charge is 0.192 e. The van der Waals surface area contributed by atoms with E-state index in [1.165, 1.54) is 44.1 Å². The summed E-state index contributed by atoms with van der Waals surface area (Å²) in [5, 5.41) is 8.87. The molecule has 1 fully saturated rings. The molecule has 1 nitrogen and oxygen atoms in total. The number of benzene rings is 1. The second-order valence-electron chi connectivity index (χ2n) is 5.51. The minimum atomic E-state index is 0.648. The van der Waals surface area contributed by atoms with Gasteiger partial charge in [-0.3, -0.25) is 0 Å². The van der Waals surface area contributed by atoms with E-state index in [1.54, 1.807) is 0 Å². The van der Waals surface area contributed by atoms with Crippen molar-refractivity contribution < 1.29 is 0 Å². The summed E-state index contributed by atoms with van der Waals surface area (Å²) in [6, 6.07) is 10.4. The van der Waals surface area contributed by atoms with E-state index in [1.807, 2.05) is 12.1 Å². The van der Waals surface area contributed by atoms with Gasteiger partial charge in [-0.25, -0.2) is 0 Å². The summed E-state index contributed by atoms with van der Waals surface area (Å²) in [6.45, 7) is 2.23. The molecule has 1 aliphatic rings. The number of nitrogens with zero attached hydrogens (tertiary/aromatic N) is 1. The topological polar surface area (TPSA) is 23.8 Å². The fourth-order valence-corrected chi connectivity index (χ4v) is 3.05. The van der Waals surface area contributed by atoms with Crippen molar-refractivity contribution in [3.63, 3.8) is 0 Å². The molecule has 100 valence electrons. The number of hydrogen-bond acceptors (Lipinski definition) is 1. The highest BCUT2D eigenvalue weighted by molar-refractivity contribution is 5.33. The van der Waals surface area contributed by atoms with Crippen LogP contribution in [0.2, 0.25) is 0 Å². The molecule has 0 radical (unpaired) electrons. The van der Waals surface area contributed by atoms with Gasteiger partial charge in [-0.15, -0.1) is 0 Å². The third kappa shape index (κ3) is 3.70. The van der Waals surface area contributed by atoms with Gasteiger partial charge in [-0.2, -0.15) is 5.26 Å². The Kier molecular flexibility index (Phi) is 5.21. The molecule has 2 rings (SSSR count). The minimum absolute atomic E-state index is 0.648. The van der Waals surface area contributed by atoms with E-state index in [9.17, 15) is 0 Å². The number of hydrogen-bond donors (Lipinski definition) is 0. The number of unbranched alkanes of at least 4 members (excludes halogenated alkanes) is 1. The Labute approximate surface area is 117 Å². The Balaban J connectivity index is 2.11. The Bertz CT molecular complexity index is 450. The lowest BCUT2D eigenvalue weighted by Crippen LogP contribution is -2.15. The van der Waals surface area contributed by atoms with Crippen LogP contribution in [-0.2, 0) is 0 Å². The third-order valence-electron chi connectivity index (χ3n) is 4.13. The Morgan fingerprint density at radius 2 is 1.95 bits per heavy atom. The summed E-state index contributed by atoms with van der Waals surface area (Å²) in [6.07, 6.45) is 12.5. The molecule has 1 aromatic rings. The van der Waals surface area contributed by atoms with Crippen LogP contribution >= 0.6 is 0 Å². The molecule has 0 aromatic heterocycles. The molecule has 1 saturated carbocycles. The first-order chi connectivity index (χ1) is 9.35. The van der Waals surface area contributed by atoms with Gasteiger partial charge in [0.15, 0.2) is 0 Å². The van der Waals surface area contributed by atoms with E-state index < -0.39 is 0 Å². The van der Waals surface area contributed by atoms with Crippen molar-refractivity contribution in [2.45, 2.75) is 51.4 Å². The molecular weight excluding hydrogens is 230 g/mol. The van der Waals surface area contributed by atoms with Gasteiger partial charge in [0.2, 0.25) is 0 Å². The summed E-state index contributed by atoms with van der Waals surface area (Å²) in [5.74, 6) is 1.34. The van der Waals surface area contributed by atoms with Crippen LogP contribution in [0, 0.1) is 17.2 Å².